The van der Waals surface area contributed by atoms with E-state index in [0.29, 0.717) is 26.2 Å². The van der Waals surface area contributed by atoms with E-state index in [1.165, 1.54) is 5.56 Å². The van der Waals surface area contributed by atoms with Crippen molar-refractivity contribution in [2.45, 2.75) is 32.9 Å². The first-order valence-corrected chi connectivity index (χ1v) is 10.1. The zero-order valence-corrected chi connectivity index (χ0v) is 16.9. The molecule has 4 rings (SSSR count). The Balaban J connectivity index is 1.46. The third-order valence-corrected chi connectivity index (χ3v) is 6.02. The Morgan fingerprint density at radius 1 is 1.14 bits per heavy atom. The van der Waals surface area contributed by atoms with Gasteiger partial charge in [0.2, 0.25) is 0 Å². The van der Waals surface area contributed by atoms with Crippen LogP contribution in [-0.4, -0.2) is 47.7 Å². The number of likely N-dealkylation sites (tertiary alicyclic amines) is 1. The lowest BCUT2D eigenvalue weighted by atomic mass is 9.90. The molecule has 2 aromatic carbocycles. The molecule has 0 bridgehead atoms. The van der Waals surface area contributed by atoms with Crippen molar-refractivity contribution in [1.29, 1.82) is 0 Å². The smallest absolute Gasteiger partial charge is 0.410 e. The number of fused-ring (bicyclic) bond motifs is 1. The number of hydrogen-bond donors (Lipinski definition) is 1. The maximum absolute atomic E-state index is 12.9. The molecule has 0 spiro atoms. The fourth-order valence-corrected chi connectivity index (χ4v) is 4.09. The van der Waals surface area contributed by atoms with Gasteiger partial charge in [-0.15, -0.1) is 0 Å². The van der Waals surface area contributed by atoms with Crippen LogP contribution in [0.4, 0.5) is 15.3 Å². The van der Waals surface area contributed by atoms with Gasteiger partial charge in [-0.25, -0.2) is 9.59 Å². The highest BCUT2D eigenvalue weighted by Crippen LogP contribution is 2.29. The number of carbonyl (C=O) groups is 2. The van der Waals surface area contributed by atoms with Gasteiger partial charge in [-0.3, -0.25) is 4.90 Å². The van der Waals surface area contributed by atoms with Gasteiger partial charge in [0.05, 0.1) is 12.6 Å². The molecule has 2 aromatic rings. The van der Waals surface area contributed by atoms with Crippen molar-refractivity contribution < 1.29 is 14.3 Å². The molecule has 2 fully saturated rings. The topological polar surface area (TPSA) is 61.9 Å². The van der Waals surface area contributed by atoms with Crippen molar-refractivity contribution in [1.82, 2.24) is 9.80 Å². The number of anilines is 1. The predicted molar refractivity (Wildman–Crippen MR) is 112 cm³/mol. The average Bonchev–Trinajstić information content (AvgIpc) is 2.73. The van der Waals surface area contributed by atoms with Crippen molar-refractivity contribution in [2.75, 3.05) is 25.0 Å². The second kappa shape index (κ2) is 8.15. The summed E-state index contributed by atoms with van der Waals surface area (Å²) in [6.45, 7) is 6.19. The Bertz CT molecular complexity index is 899. The number of nitrogens with one attached hydrogen (secondary N) is 1. The minimum Gasteiger partial charge on any atom is -0.449 e. The molecule has 2 heterocycles. The molecule has 29 heavy (non-hydrogen) atoms. The molecule has 3 amide bonds. The summed E-state index contributed by atoms with van der Waals surface area (Å²) >= 11 is 0. The number of ether oxygens (including phenoxy) is 1. The minimum atomic E-state index is -0.300. The van der Waals surface area contributed by atoms with Crippen molar-refractivity contribution in [2.24, 2.45) is 5.92 Å². The lowest BCUT2D eigenvalue weighted by Gasteiger charge is -2.46. The quantitative estimate of drug-likeness (QED) is 0.851. The highest BCUT2D eigenvalue weighted by molar-refractivity contribution is 5.89. The monoisotopic (exact) mass is 393 g/mol. The zero-order valence-electron chi connectivity index (χ0n) is 16.9. The average molecular weight is 393 g/mol. The molecule has 0 aromatic heterocycles. The van der Waals surface area contributed by atoms with Crippen LogP contribution in [0.2, 0.25) is 0 Å². The first kappa shape index (κ1) is 19.3. The Hall–Kier alpha value is -3.02. The number of rotatable bonds is 3. The van der Waals surface area contributed by atoms with Crippen molar-refractivity contribution in [3.63, 3.8) is 0 Å². The van der Waals surface area contributed by atoms with E-state index in [9.17, 15) is 9.59 Å². The van der Waals surface area contributed by atoms with Gasteiger partial charge in [0.1, 0.15) is 0 Å². The van der Waals surface area contributed by atoms with E-state index >= 15 is 0 Å². The predicted octanol–water partition coefficient (Wildman–Crippen LogP) is 4.18. The molecule has 2 saturated heterocycles. The van der Waals surface area contributed by atoms with Gasteiger partial charge >= 0.3 is 12.1 Å². The van der Waals surface area contributed by atoms with E-state index in [4.69, 9.17) is 4.74 Å². The van der Waals surface area contributed by atoms with Crippen LogP contribution < -0.4 is 5.32 Å². The van der Waals surface area contributed by atoms with E-state index in [0.717, 1.165) is 23.2 Å². The van der Waals surface area contributed by atoms with E-state index in [1.54, 1.807) is 4.90 Å². The lowest BCUT2D eigenvalue weighted by Crippen LogP contribution is -2.60. The maximum Gasteiger partial charge on any atom is 0.410 e. The normalized spacial score (nSPS) is 21.4. The van der Waals surface area contributed by atoms with Gasteiger partial charge in [0.25, 0.3) is 0 Å². The van der Waals surface area contributed by atoms with Crippen LogP contribution in [-0.2, 0) is 11.3 Å². The molecule has 6 nitrogen and oxygen atoms in total. The van der Waals surface area contributed by atoms with Gasteiger partial charge in [-0.2, -0.15) is 0 Å². The number of nitrogens with zero attached hydrogens (tertiary/aromatic N) is 2. The molecule has 2 aliphatic rings. The number of hydrogen-bond acceptors (Lipinski definition) is 3. The Morgan fingerprint density at radius 3 is 2.69 bits per heavy atom. The highest BCUT2D eigenvalue weighted by Gasteiger charge is 2.41. The van der Waals surface area contributed by atoms with Crippen LogP contribution in [0.1, 0.15) is 23.1 Å². The molecule has 2 atom stereocenters. The van der Waals surface area contributed by atoms with E-state index < -0.39 is 0 Å². The number of piperidine rings is 1. The molecule has 0 unspecified atom stereocenters. The largest absolute Gasteiger partial charge is 0.449 e. The molecule has 0 radical (unpaired) electrons. The van der Waals surface area contributed by atoms with Gasteiger partial charge in [-0.1, -0.05) is 36.4 Å². The van der Waals surface area contributed by atoms with Crippen molar-refractivity contribution in [3.8, 4) is 0 Å². The summed E-state index contributed by atoms with van der Waals surface area (Å²) in [5.41, 5.74) is 4.19. The van der Waals surface area contributed by atoms with Gasteiger partial charge < -0.3 is 15.0 Å². The van der Waals surface area contributed by atoms with Crippen LogP contribution in [0.5, 0.6) is 0 Å². The minimum absolute atomic E-state index is 0.0317. The summed E-state index contributed by atoms with van der Waals surface area (Å²) in [6, 6.07) is 15.7. The summed E-state index contributed by atoms with van der Waals surface area (Å²) in [5.74, 6) is 0.252. The van der Waals surface area contributed by atoms with Gasteiger partial charge in [0.15, 0.2) is 0 Å². The Kier molecular flexibility index (Phi) is 5.43. The van der Waals surface area contributed by atoms with E-state index in [1.807, 2.05) is 60.4 Å². The molecule has 0 saturated carbocycles. The second-order valence-corrected chi connectivity index (χ2v) is 7.98. The first-order chi connectivity index (χ1) is 14.0. The summed E-state index contributed by atoms with van der Waals surface area (Å²) in [4.78, 5) is 28.9. The summed E-state index contributed by atoms with van der Waals surface area (Å²) in [7, 11) is 0. The van der Waals surface area contributed by atoms with Crippen LogP contribution in [0, 0.1) is 19.8 Å². The van der Waals surface area contributed by atoms with Crippen LogP contribution in [0.3, 0.4) is 0 Å². The summed E-state index contributed by atoms with van der Waals surface area (Å²) < 4.78 is 5.42. The third-order valence-electron chi connectivity index (χ3n) is 6.02. The molecule has 0 aliphatic carbocycles. The number of aryl methyl sites for hydroxylation is 2. The Labute approximate surface area is 171 Å². The summed E-state index contributed by atoms with van der Waals surface area (Å²) in [6.07, 6.45) is 0.523. The zero-order chi connectivity index (χ0) is 20.4. The summed E-state index contributed by atoms with van der Waals surface area (Å²) in [5, 5.41) is 3.00. The number of carbonyl (C=O) groups excluding carboxylic acids is 2. The van der Waals surface area contributed by atoms with Crippen molar-refractivity contribution >= 4 is 17.8 Å². The SMILES string of the molecule is Cc1ccc(NC(=O)N2CC[C@@H]3COC(=O)N(Cc4ccccc4)[C@@H]3C2)cc1C. The van der Waals surface area contributed by atoms with Crippen LogP contribution in [0.25, 0.3) is 0 Å². The standard InChI is InChI=1S/C23H27N3O3/c1-16-8-9-20(12-17(16)2)24-22(27)25-11-10-19-15-29-23(28)26(21(19)14-25)13-18-6-4-3-5-7-18/h3-9,12,19,21H,10-11,13-15H2,1-2H3,(H,24,27)/t19-,21-/m1/s1. The van der Waals surface area contributed by atoms with E-state index in [2.05, 4.69) is 12.2 Å². The van der Waals surface area contributed by atoms with Crippen molar-refractivity contribution in [3.05, 3.63) is 65.2 Å². The van der Waals surface area contributed by atoms with Gasteiger partial charge in [-0.05, 0) is 49.1 Å². The highest BCUT2D eigenvalue weighted by atomic mass is 16.6. The number of urea groups is 1. The lowest BCUT2D eigenvalue weighted by molar-refractivity contribution is -0.0232. The number of cyclic esters (lactones) is 1. The fourth-order valence-electron chi connectivity index (χ4n) is 4.09. The van der Waals surface area contributed by atoms with Gasteiger partial charge in [0, 0.05) is 31.2 Å². The molecule has 1 N–H and O–H groups in total. The fraction of sp³-hybridized carbons (Fsp3) is 0.391. The molecule has 2 aliphatic heterocycles. The molecular formula is C23H27N3O3. The van der Waals surface area contributed by atoms with E-state index in [-0.39, 0.29) is 24.1 Å². The molecule has 6 heteroatoms. The van der Waals surface area contributed by atoms with Crippen LogP contribution in [0.15, 0.2) is 48.5 Å². The second-order valence-electron chi connectivity index (χ2n) is 7.98. The number of amides is 3. The number of benzene rings is 2. The maximum atomic E-state index is 12.9. The molecular weight excluding hydrogens is 366 g/mol. The van der Waals surface area contributed by atoms with Crippen LogP contribution >= 0.6 is 0 Å². The molecule has 152 valence electrons. The first-order valence-electron chi connectivity index (χ1n) is 10.1. The Morgan fingerprint density at radius 2 is 1.93 bits per heavy atom. The third kappa shape index (κ3) is 4.21.